The van der Waals surface area contributed by atoms with Crippen molar-refractivity contribution in [2.45, 2.75) is 58.0 Å². The normalized spacial score (nSPS) is 19.5. The first-order chi connectivity index (χ1) is 12.0. The highest BCUT2D eigenvalue weighted by atomic mass is 16.5. The van der Waals surface area contributed by atoms with E-state index in [1.54, 1.807) is 6.20 Å². The zero-order chi connectivity index (χ0) is 18.0. The average molecular weight is 339 g/mol. The summed E-state index contributed by atoms with van der Waals surface area (Å²) < 4.78 is 5.87. The lowest BCUT2D eigenvalue weighted by Gasteiger charge is -2.36. The maximum Gasteiger partial charge on any atom is 0.142 e. The van der Waals surface area contributed by atoms with E-state index in [1.807, 2.05) is 6.07 Å². The number of anilines is 1. The summed E-state index contributed by atoms with van der Waals surface area (Å²) in [4.78, 5) is 4.69. The van der Waals surface area contributed by atoms with Crippen LogP contribution >= 0.6 is 0 Å². The molecule has 1 saturated heterocycles. The smallest absolute Gasteiger partial charge is 0.142 e. The van der Waals surface area contributed by atoms with Gasteiger partial charge in [-0.05, 0) is 44.7 Å². The van der Waals surface area contributed by atoms with Crippen molar-refractivity contribution in [3.8, 4) is 17.3 Å². The molecule has 25 heavy (non-hydrogen) atoms. The fourth-order valence-electron chi connectivity index (χ4n) is 3.77. The summed E-state index contributed by atoms with van der Waals surface area (Å²) in [6.07, 6.45) is 5.33. The van der Waals surface area contributed by atoms with E-state index in [-0.39, 0.29) is 11.5 Å². The summed E-state index contributed by atoms with van der Waals surface area (Å²) in [5, 5.41) is 16.7. The molecule has 2 aromatic heterocycles. The zero-order valence-electron chi connectivity index (χ0n) is 15.1. The van der Waals surface area contributed by atoms with Gasteiger partial charge in [0, 0.05) is 24.3 Å². The number of pyridine rings is 1. The Kier molecular flexibility index (Phi) is 4.78. The van der Waals surface area contributed by atoms with Gasteiger partial charge in [0.05, 0.1) is 17.0 Å². The third-order valence-electron chi connectivity index (χ3n) is 4.82. The van der Waals surface area contributed by atoms with Gasteiger partial charge in [0.1, 0.15) is 17.5 Å². The monoisotopic (exact) mass is 339 g/mol. The van der Waals surface area contributed by atoms with E-state index in [0.717, 1.165) is 48.2 Å². The van der Waals surface area contributed by atoms with Gasteiger partial charge in [-0.3, -0.25) is 5.10 Å². The Morgan fingerprint density at radius 3 is 2.88 bits per heavy atom. The molecule has 132 valence electrons. The Morgan fingerprint density at radius 2 is 2.28 bits per heavy atom. The molecule has 1 unspecified atom stereocenters. The first-order valence-corrected chi connectivity index (χ1v) is 8.83. The third kappa shape index (κ3) is 3.38. The number of hydrogen-bond acceptors (Lipinski definition) is 5. The Balaban J connectivity index is 2.20. The summed E-state index contributed by atoms with van der Waals surface area (Å²) in [6, 6.07) is 4.12. The molecule has 1 atom stereocenters. The molecule has 1 aliphatic rings. The minimum atomic E-state index is -0.176. The van der Waals surface area contributed by atoms with Gasteiger partial charge in [0.25, 0.3) is 0 Å². The second-order valence-electron chi connectivity index (χ2n) is 7.24. The molecule has 0 saturated carbocycles. The highest BCUT2D eigenvalue weighted by Gasteiger charge is 2.33. The standard InChI is InChI=1S/C19H25N5O/c1-4-5-13-16(15-6-8-22-24-15)14(11-20)18(21)23-17(13)12-7-9-25-19(2,3)10-12/h6,8,12H,4-5,7,9-10H2,1-3H3,(H2,21,23)(H,22,24). The molecule has 0 amide bonds. The average Bonchev–Trinajstić information content (AvgIpc) is 3.09. The number of nitrogens with zero attached hydrogens (tertiary/aromatic N) is 3. The van der Waals surface area contributed by atoms with Gasteiger partial charge in [-0.15, -0.1) is 0 Å². The maximum atomic E-state index is 9.65. The summed E-state index contributed by atoms with van der Waals surface area (Å²) in [5.74, 6) is 0.577. The molecule has 0 aliphatic carbocycles. The molecular formula is C19H25N5O. The number of aromatic nitrogens is 3. The van der Waals surface area contributed by atoms with Crippen LogP contribution in [0.5, 0.6) is 0 Å². The number of hydrogen-bond donors (Lipinski definition) is 2. The lowest BCUT2D eigenvalue weighted by molar-refractivity contribution is -0.0598. The quantitative estimate of drug-likeness (QED) is 0.887. The van der Waals surface area contributed by atoms with Crippen molar-refractivity contribution in [1.82, 2.24) is 15.2 Å². The van der Waals surface area contributed by atoms with Gasteiger partial charge >= 0.3 is 0 Å². The van der Waals surface area contributed by atoms with Crippen molar-refractivity contribution < 1.29 is 4.74 Å². The van der Waals surface area contributed by atoms with Crippen LogP contribution in [0.2, 0.25) is 0 Å². The Labute approximate surface area is 148 Å². The van der Waals surface area contributed by atoms with Crippen molar-refractivity contribution in [2.75, 3.05) is 12.3 Å². The second kappa shape index (κ2) is 6.85. The first-order valence-electron chi connectivity index (χ1n) is 8.83. The summed E-state index contributed by atoms with van der Waals surface area (Å²) in [7, 11) is 0. The van der Waals surface area contributed by atoms with Gasteiger partial charge in [0.2, 0.25) is 0 Å². The Bertz CT molecular complexity index is 789. The first kappa shape index (κ1) is 17.4. The van der Waals surface area contributed by atoms with Crippen LogP contribution in [-0.2, 0) is 11.2 Å². The van der Waals surface area contributed by atoms with Gasteiger partial charge in [-0.1, -0.05) is 13.3 Å². The minimum absolute atomic E-state index is 0.176. The van der Waals surface area contributed by atoms with E-state index >= 15 is 0 Å². The topological polar surface area (TPSA) is 101 Å². The van der Waals surface area contributed by atoms with Crippen LogP contribution in [0.15, 0.2) is 12.3 Å². The van der Waals surface area contributed by atoms with Crippen molar-refractivity contribution in [2.24, 2.45) is 0 Å². The summed E-state index contributed by atoms with van der Waals surface area (Å²) >= 11 is 0. The molecule has 3 N–H and O–H groups in total. The number of aromatic amines is 1. The van der Waals surface area contributed by atoms with E-state index in [2.05, 4.69) is 42.0 Å². The van der Waals surface area contributed by atoms with Crippen LogP contribution < -0.4 is 5.73 Å². The van der Waals surface area contributed by atoms with E-state index < -0.39 is 0 Å². The van der Waals surface area contributed by atoms with Gasteiger partial charge in [-0.25, -0.2) is 4.98 Å². The van der Waals surface area contributed by atoms with E-state index in [1.165, 1.54) is 0 Å². The minimum Gasteiger partial charge on any atom is -0.383 e. The fourth-order valence-corrected chi connectivity index (χ4v) is 3.77. The fraction of sp³-hybridized carbons (Fsp3) is 0.526. The molecular weight excluding hydrogens is 314 g/mol. The van der Waals surface area contributed by atoms with Gasteiger partial charge < -0.3 is 10.5 Å². The van der Waals surface area contributed by atoms with Crippen LogP contribution in [0.4, 0.5) is 5.82 Å². The van der Waals surface area contributed by atoms with Crippen molar-refractivity contribution in [3.05, 3.63) is 29.1 Å². The Hall–Kier alpha value is -2.39. The number of nitrogens with one attached hydrogen (secondary N) is 1. The number of nitrogens with two attached hydrogens (primary N) is 1. The SMILES string of the molecule is CCCc1c(C2CCOC(C)(C)C2)nc(N)c(C#N)c1-c1ccn[nH]1. The predicted molar refractivity (Wildman–Crippen MR) is 96.9 cm³/mol. The van der Waals surface area contributed by atoms with Gasteiger partial charge in [0.15, 0.2) is 0 Å². The molecule has 0 bridgehead atoms. The summed E-state index contributed by atoms with van der Waals surface area (Å²) in [5.41, 5.74) is 10.2. The molecule has 6 heteroatoms. The predicted octanol–water partition coefficient (Wildman–Crippen LogP) is 3.55. The third-order valence-corrected chi connectivity index (χ3v) is 4.82. The highest BCUT2D eigenvalue weighted by molar-refractivity contribution is 5.77. The molecule has 2 aromatic rings. The number of nitrogen functional groups attached to an aromatic ring is 1. The Morgan fingerprint density at radius 1 is 1.48 bits per heavy atom. The maximum absolute atomic E-state index is 9.65. The molecule has 0 spiro atoms. The largest absolute Gasteiger partial charge is 0.383 e. The molecule has 3 heterocycles. The summed E-state index contributed by atoms with van der Waals surface area (Å²) in [6.45, 7) is 7.07. The second-order valence-corrected chi connectivity index (χ2v) is 7.24. The molecule has 0 radical (unpaired) electrons. The zero-order valence-corrected chi connectivity index (χ0v) is 15.1. The van der Waals surface area contributed by atoms with Crippen molar-refractivity contribution >= 4 is 5.82 Å². The number of ether oxygens (including phenoxy) is 1. The van der Waals surface area contributed by atoms with Crippen LogP contribution in [0, 0.1) is 11.3 Å². The molecule has 6 nitrogen and oxygen atoms in total. The number of H-pyrrole nitrogens is 1. The number of nitriles is 1. The lowest BCUT2D eigenvalue weighted by Crippen LogP contribution is -2.33. The molecule has 0 aromatic carbocycles. The molecule has 1 fully saturated rings. The van der Waals surface area contributed by atoms with Crippen LogP contribution in [0.1, 0.15) is 62.8 Å². The number of rotatable bonds is 4. The van der Waals surface area contributed by atoms with Crippen molar-refractivity contribution in [1.29, 1.82) is 5.26 Å². The van der Waals surface area contributed by atoms with Crippen LogP contribution in [-0.4, -0.2) is 27.4 Å². The van der Waals surface area contributed by atoms with Crippen molar-refractivity contribution in [3.63, 3.8) is 0 Å². The molecule has 1 aliphatic heterocycles. The van der Waals surface area contributed by atoms with E-state index in [0.29, 0.717) is 18.0 Å². The lowest BCUT2D eigenvalue weighted by atomic mass is 9.81. The molecule has 3 rings (SSSR count). The van der Waals surface area contributed by atoms with Crippen LogP contribution in [0.3, 0.4) is 0 Å². The van der Waals surface area contributed by atoms with E-state index in [4.69, 9.17) is 10.5 Å². The van der Waals surface area contributed by atoms with Crippen LogP contribution in [0.25, 0.3) is 11.3 Å². The highest BCUT2D eigenvalue weighted by Crippen LogP contribution is 2.41. The van der Waals surface area contributed by atoms with E-state index in [9.17, 15) is 5.26 Å². The van der Waals surface area contributed by atoms with Gasteiger partial charge in [-0.2, -0.15) is 10.4 Å².